The highest BCUT2D eigenvalue weighted by molar-refractivity contribution is 7.92. The van der Waals surface area contributed by atoms with Crippen molar-refractivity contribution < 1.29 is 23.0 Å². The smallest absolute Gasteiger partial charge is 0.264 e. The Morgan fingerprint density at radius 1 is 1.09 bits per heavy atom. The number of ether oxygens (including phenoxy) is 2. The summed E-state index contributed by atoms with van der Waals surface area (Å²) in [6.07, 6.45) is 0. The van der Waals surface area contributed by atoms with E-state index in [-0.39, 0.29) is 24.0 Å². The molecule has 7 heteroatoms. The molecule has 116 valence electrons. The van der Waals surface area contributed by atoms with Crippen molar-refractivity contribution in [3.05, 3.63) is 42.5 Å². The van der Waals surface area contributed by atoms with Crippen LogP contribution in [0.5, 0.6) is 17.2 Å². The second-order valence-electron chi connectivity index (χ2n) is 4.70. The molecule has 22 heavy (non-hydrogen) atoms. The molecule has 6 nitrogen and oxygen atoms in total. The van der Waals surface area contributed by atoms with Gasteiger partial charge in [-0.25, -0.2) is 8.42 Å². The van der Waals surface area contributed by atoms with Gasteiger partial charge in [0, 0.05) is 12.6 Å². The maximum Gasteiger partial charge on any atom is 0.264 e. The molecule has 1 heterocycles. The number of rotatable bonds is 4. The molecule has 0 aliphatic carbocycles. The number of fused-ring (bicyclic) bond motifs is 1. The van der Waals surface area contributed by atoms with Crippen molar-refractivity contribution in [2.45, 2.75) is 11.8 Å². The Labute approximate surface area is 128 Å². The minimum Gasteiger partial charge on any atom is -0.508 e. The van der Waals surface area contributed by atoms with Gasteiger partial charge in [-0.3, -0.25) is 4.31 Å². The summed E-state index contributed by atoms with van der Waals surface area (Å²) in [5, 5.41) is 9.34. The van der Waals surface area contributed by atoms with E-state index in [0.29, 0.717) is 17.2 Å². The highest BCUT2D eigenvalue weighted by Gasteiger charge is 2.26. The summed E-state index contributed by atoms with van der Waals surface area (Å²) >= 11 is 0. The summed E-state index contributed by atoms with van der Waals surface area (Å²) in [6.45, 7) is 2.10. The molecule has 0 saturated carbocycles. The number of phenolic OH excluding ortho intramolecular Hbond substituents is 1. The second kappa shape index (κ2) is 5.42. The number of hydrogen-bond acceptors (Lipinski definition) is 5. The van der Waals surface area contributed by atoms with Crippen LogP contribution in [0.15, 0.2) is 47.4 Å². The molecule has 0 radical (unpaired) electrons. The number of phenols is 1. The van der Waals surface area contributed by atoms with Crippen LogP contribution in [0, 0.1) is 0 Å². The highest BCUT2D eigenvalue weighted by atomic mass is 32.2. The maximum atomic E-state index is 12.8. The Morgan fingerprint density at radius 2 is 1.77 bits per heavy atom. The summed E-state index contributed by atoms with van der Waals surface area (Å²) in [5.74, 6) is 1.04. The first-order valence-electron chi connectivity index (χ1n) is 6.74. The van der Waals surface area contributed by atoms with Crippen LogP contribution >= 0.6 is 0 Å². The van der Waals surface area contributed by atoms with E-state index in [1.165, 1.54) is 28.6 Å². The van der Waals surface area contributed by atoms with Crippen LogP contribution in [0.2, 0.25) is 0 Å². The molecule has 0 aromatic heterocycles. The second-order valence-corrected chi connectivity index (χ2v) is 6.56. The topological polar surface area (TPSA) is 76.1 Å². The lowest BCUT2D eigenvalue weighted by molar-refractivity contribution is 0.174. The minimum atomic E-state index is -3.72. The summed E-state index contributed by atoms with van der Waals surface area (Å²) in [6, 6.07) is 10.6. The molecule has 1 aliphatic heterocycles. The summed E-state index contributed by atoms with van der Waals surface area (Å²) in [7, 11) is -3.72. The Hall–Kier alpha value is -2.41. The largest absolute Gasteiger partial charge is 0.508 e. The minimum absolute atomic E-state index is 0.0836. The number of benzene rings is 2. The number of sulfonamides is 1. The Kier molecular flexibility index (Phi) is 3.58. The molecule has 3 rings (SSSR count). The fraction of sp³-hybridized carbons (Fsp3) is 0.200. The fourth-order valence-electron chi connectivity index (χ4n) is 2.27. The van der Waals surface area contributed by atoms with Crippen LogP contribution in [-0.2, 0) is 10.0 Å². The van der Waals surface area contributed by atoms with E-state index in [0.717, 1.165) is 0 Å². The molecule has 0 bridgehead atoms. The molecule has 0 unspecified atom stereocenters. The van der Waals surface area contributed by atoms with Gasteiger partial charge in [0.05, 0.1) is 10.6 Å². The third-order valence-corrected chi connectivity index (χ3v) is 5.26. The Morgan fingerprint density at radius 3 is 2.45 bits per heavy atom. The van der Waals surface area contributed by atoms with Crippen LogP contribution in [0.3, 0.4) is 0 Å². The van der Waals surface area contributed by atoms with Gasteiger partial charge >= 0.3 is 0 Å². The average molecular weight is 321 g/mol. The third-order valence-electron chi connectivity index (χ3n) is 3.36. The van der Waals surface area contributed by atoms with Crippen LogP contribution < -0.4 is 13.8 Å². The normalized spacial score (nSPS) is 13.1. The summed E-state index contributed by atoms with van der Waals surface area (Å²) in [4.78, 5) is 0.131. The van der Waals surface area contributed by atoms with Crippen molar-refractivity contribution >= 4 is 15.7 Å². The fourth-order valence-corrected chi connectivity index (χ4v) is 3.76. The van der Waals surface area contributed by atoms with E-state index in [1.54, 1.807) is 25.1 Å². The zero-order valence-corrected chi connectivity index (χ0v) is 12.7. The van der Waals surface area contributed by atoms with Gasteiger partial charge in [-0.05, 0) is 43.3 Å². The van der Waals surface area contributed by atoms with Crippen LogP contribution in [0.1, 0.15) is 6.92 Å². The van der Waals surface area contributed by atoms with Gasteiger partial charge in [-0.2, -0.15) is 0 Å². The van der Waals surface area contributed by atoms with Gasteiger partial charge in [0.1, 0.15) is 5.75 Å². The molecule has 2 aromatic rings. The Bertz CT molecular complexity index is 786. The zero-order valence-electron chi connectivity index (χ0n) is 11.9. The number of anilines is 1. The van der Waals surface area contributed by atoms with Crippen molar-refractivity contribution in [3.8, 4) is 17.2 Å². The quantitative estimate of drug-likeness (QED) is 0.935. The molecule has 2 aromatic carbocycles. The lowest BCUT2D eigenvalue weighted by Gasteiger charge is -2.23. The maximum absolute atomic E-state index is 12.8. The van der Waals surface area contributed by atoms with E-state index < -0.39 is 10.0 Å². The van der Waals surface area contributed by atoms with E-state index in [9.17, 15) is 13.5 Å². The van der Waals surface area contributed by atoms with E-state index in [4.69, 9.17) is 9.47 Å². The van der Waals surface area contributed by atoms with E-state index in [1.807, 2.05) is 0 Å². The molecular formula is C15H15NO5S. The lowest BCUT2D eigenvalue weighted by Crippen LogP contribution is -2.30. The van der Waals surface area contributed by atoms with Gasteiger partial charge in [0.2, 0.25) is 6.79 Å². The molecule has 0 saturated heterocycles. The SMILES string of the molecule is CCN(c1ccc(O)cc1)S(=O)(=O)c1ccc2c(c1)OCO2. The van der Waals surface area contributed by atoms with Gasteiger partial charge in [-0.1, -0.05) is 0 Å². The van der Waals surface area contributed by atoms with Crippen molar-refractivity contribution in [1.29, 1.82) is 0 Å². The molecule has 0 atom stereocenters. The molecule has 1 aliphatic rings. The van der Waals surface area contributed by atoms with Gasteiger partial charge in [0.15, 0.2) is 11.5 Å². The lowest BCUT2D eigenvalue weighted by atomic mass is 10.3. The molecular weight excluding hydrogens is 306 g/mol. The standard InChI is InChI=1S/C15H15NO5S/c1-2-16(11-3-5-12(17)6-4-11)22(18,19)13-7-8-14-15(9-13)21-10-20-14/h3-9,17H,2,10H2,1H3. The van der Waals surface area contributed by atoms with Crippen molar-refractivity contribution in [2.24, 2.45) is 0 Å². The monoisotopic (exact) mass is 321 g/mol. The van der Waals surface area contributed by atoms with Gasteiger partial charge in [0.25, 0.3) is 10.0 Å². The van der Waals surface area contributed by atoms with Gasteiger partial charge < -0.3 is 14.6 Å². The van der Waals surface area contributed by atoms with E-state index in [2.05, 4.69) is 0 Å². The van der Waals surface area contributed by atoms with E-state index >= 15 is 0 Å². The first-order chi connectivity index (χ1) is 10.5. The third kappa shape index (κ3) is 2.43. The summed E-state index contributed by atoms with van der Waals surface area (Å²) < 4.78 is 37.3. The number of nitrogens with zero attached hydrogens (tertiary/aromatic N) is 1. The van der Waals surface area contributed by atoms with Crippen LogP contribution in [0.4, 0.5) is 5.69 Å². The highest BCUT2D eigenvalue weighted by Crippen LogP contribution is 2.35. The van der Waals surface area contributed by atoms with Crippen LogP contribution in [-0.4, -0.2) is 26.9 Å². The predicted octanol–water partition coefficient (Wildman–Crippen LogP) is 2.34. The predicted molar refractivity (Wildman–Crippen MR) is 80.9 cm³/mol. The van der Waals surface area contributed by atoms with Gasteiger partial charge in [-0.15, -0.1) is 0 Å². The van der Waals surface area contributed by atoms with Crippen molar-refractivity contribution in [3.63, 3.8) is 0 Å². The number of aromatic hydroxyl groups is 1. The molecule has 1 N–H and O–H groups in total. The number of hydrogen-bond donors (Lipinski definition) is 1. The first kappa shape index (κ1) is 14.5. The van der Waals surface area contributed by atoms with Crippen molar-refractivity contribution in [2.75, 3.05) is 17.6 Å². The molecule has 0 fully saturated rings. The Balaban J connectivity index is 2.01. The summed E-state index contributed by atoms with van der Waals surface area (Å²) in [5.41, 5.74) is 0.484. The zero-order chi connectivity index (χ0) is 15.7. The first-order valence-corrected chi connectivity index (χ1v) is 8.18. The average Bonchev–Trinajstić information content (AvgIpc) is 2.97. The van der Waals surface area contributed by atoms with Crippen LogP contribution in [0.25, 0.3) is 0 Å². The van der Waals surface area contributed by atoms with Crippen molar-refractivity contribution in [1.82, 2.24) is 0 Å². The molecule has 0 spiro atoms. The molecule has 0 amide bonds.